The number of rotatable bonds is 3. The maximum absolute atomic E-state index is 12.8. The van der Waals surface area contributed by atoms with Gasteiger partial charge in [-0.1, -0.05) is 0 Å². The number of anilines is 1. The van der Waals surface area contributed by atoms with Crippen LogP contribution in [0.15, 0.2) is 30.5 Å². The molecule has 1 aliphatic heterocycles. The standard InChI is InChI=1S/C18H24N4O2/c1-14-17(13-19-20(14)2)18(23)22-10-4-9-21(11-12-22)15-5-7-16(24-3)8-6-15/h5-8,13H,4,9-12H2,1-3H3. The number of ether oxygens (including phenoxy) is 1. The first-order valence-electron chi connectivity index (χ1n) is 8.27. The summed E-state index contributed by atoms with van der Waals surface area (Å²) in [6.07, 6.45) is 2.63. The lowest BCUT2D eigenvalue weighted by atomic mass is 10.2. The van der Waals surface area contributed by atoms with Crippen molar-refractivity contribution < 1.29 is 9.53 Å². The second-order valence-corrected chi connectivity index (χ2v) is 6.10. The van der Waals surface area contributed by atoms with Crippen molar-refractivity contribution in [2.75, 3.05) is 38.2 Å². The highest BCUT2D eigenvalue weighted by Gasteiger charge is 2.23. The highest BCUT2D eigenvalue weighted by molar-refractivity contribution is 5.95. The Balaban J connectivity index is 1.68. The Morgan fingerprint density at radius 1 is 1.12 bits per heavy atom. The first-order chi connectivity index (χ1) is 11.6. The molecular weight excluding hydrogens is 304 g/mol. The number of carbonyl (C=O) groups excluding carboxylic acids is 1. The number of amides is 1. The predicted molar refractivity (Wildman–Crippen MR) is 93.7 cm³/mol. The molecular formula is C18H24N4O2. The molecule has 0 unspecified atom stereocenters. The third-order valence-electron chi connectivity index (χ3n) is 4.69. The van der Waals surface area contributed by atoms with E-state index in [1.54, 1.807) is 18.0 Å². The maximum atomic E-state index is 12.8. The third-order valence-corrected chi connectivity index (χ3v) is 4.69. The van der Waals surface area contributed by atoms with E-state index >= 15 is 0 Å². The van der Waals surface area contributed by atoms with E-state index < -0.39 is 0 Å². The fourth-order valence-corrected chi connectivity index (χ4v) is 3.05. The van der Waals surface area contributed by atoms with Crippen LogP contribution in [0.5, 0.6) is 5.75 Å². The molecule has 6 nitrogen and oxygen atoms in total. The number of benzene rings is 1. The molecule has 0 radical (unpaired) electrons. The third kappa shape index (κ3) is 3.22. The summed E-state index contributed by atoms with van der Waals surface area (Å²) in [6.45, 7) is 5.21. The second kappa shape index (κ2) is 6.95. The van der Waals surface area contributed by atoms with Gasteiger partial charge in [0.25, 0.3) is 5.91 Å². The lowest BCUT2D eigenvalue weighted by molar-refractivity contribution is 0.0766. The Labute approximate surface area is 142 Å². The van der Waals surface area contributed by atoms with Gasteiger partial charge in [-0.15, -0.1) is 0 Å². The average molecular weight is 328 g/mol. The number of carbonyl (C=O) groups is 1. The van der Waals surface area contributed by atoms with Gasteiger partial charge in [0, 0.05) is 44.6 Å². The lowest BCUT2D eigenvalue weighted by Gasteiger charge is -2.24. The Morgan fingerprint density at radius 3 is 2.50 bits per heavy atom. The number of hydrogen-bond donors (Lipinski definition) is 0. The molecule has 0 aliphatic carbocycles. The zero-order valence-electron chi connectivity index (χ0n) is 14.5. The van der Waals surface area contributed by atoms with Crippen LogP contribution in [-0.4, -0.2) is 53.9 Å². The van der Waals surface area contributed by atoms with Crippen LogP contribution in [0.1, 0.15) is 22.5 Å². The lowest BCUT2D eigenvalue weighted by Crippen LogP contribution is -2.35. The van der Waals surface area contributed by atoms with Crippen molar-refractivity contribution >= 4 is 11.6 Å². The van der Waals surface area contributed by atoms with E-state index in [0.717, 1.165) is 44.0 Å². The van der Waals surface area contributed by atoms with Crippen LogP contribution in [0, 0.1) is 6.92 Å². The molecule has 128 valence electrons. The molecule has 1 saturated heterocycles. The zero-order valence-corrected chi connectivity index (χ0v) is 14.5. The van der Waals surface area contributed by atoms with Gasteiger partial charge in [-0.25, -0.2) is 0 Å². The molecule has 0 atom stereocenters. The average Bonchev–Trinajstić information content (AvgIpc) is 2.81. The minimum absolute atomic E-state index is 0.0807. The highest BCUT2D eigenvalue weighted by atomic mass is 16.5. The van der Waals surface area contributed by atoms with Crippen molar-refractivity contribution in [3.63, 3.8) is 0 Å². The van der Waals surface area contributed by atoms with Gasteiger partial charge in [-0.05, 0) is 37.6 Å². The van der Waals surface area contributed by atoms with Gasteiger partial charge in [0.1, 0.15) is 5.75 Å². The molecule has 0 bridgehead atoms. The van der Waals surface area contributed by atoms with Crippen molar-refractivity contribution in [3.05, 3.63) is 41.7 Å². The topological polar surface area (TPSA) is 50.6 Å². The molecule has 1 fully saturated rings. The van der Waals surface area contributed by atoms with E-state index in [-0.39, 0.29) is 5.91 Å². The largest absolute Gasteiger partial charge is 0.497 e. The van der Waals surface area contributed by atoms with Crippen LogP contribution in [0.2, 0.25) is 0 Å². The van der Waals surface area contributed by atoms with Crippen LogP contribution < -0.4 is 9.64 Å². The SMILES string of the molecule is COc1ccc(N2CCCN(C(=O)c3cnn(C)c3C)CC2)cc1. The molecule has 1 amide bonds. The number of nitrogens with zero attached hydrogens (tertiary/aromatic N) is 4. The fourth-order valence-electron chi connectivity index (χ4n) is 3.05. The van der Waals surface area contributed by atoms with Gasteiger partial charge < -0.3 is 14.5 Å². The summed E-state index contributed by atoms with van der Waals surface area (Å²) in [7, 11) is 3.53. The van der Waals surface area contributed by atoms with Gasteiger partial charge in [-0.2, -0.15) is 5.10 Å². The molecule has 3 rings (SSSR count). The summed E-state index contributed by atoms with van der Waals surface area (Å²) in [6, 6.07) is 8.09. The molecule has 1 aromatic carbocycles. The molecule has 1 aliphatic rings. The maximum Gasteiger partial charge on any atom is 0.257 e. The van der Waals surface area contributed by atoms with Gasteiger partial charge in [0.15, 0.2) is 0 Å². The summed E-state index contributed by atoms with van der Waals surface area (Å²) in [5.74, 6) is 0.939. The number of methoxy groups -OCH3 is 1. The second-order valence-electron chi connectivity index (χ2n) is 6.10. The van der Waals surface area contributed by atoms with Gasteiger partial charge in [0.05, 0.1) is 18.9 Å². The van der Waals surface area contributed by atoms with Crippen molar-refractivity contribution in [2.45, 2.75) is 13.3 Å². The fraction of sp³-hybridized carbons (Fsp3) is 0.444. The predicted octanol–water partition coefficient (Wildman–Crippen LogP) is 2.09. The molecule has 24 heavy (non-hydrogen) atoms. The van der Waals surface area contributed by atoms with Crippen LogP contribution >= 0.6 is 0 Å². The Kier molecular flexibility index (Phi) is 4.74. The van der Waals surface area contributed by atoms with Crippen LogP contribution in [0.3, 0.4) is 0 Å². The first kappa shape index (κ1) is 16.4. The molecule has 2 aromatic rings. The van der Waals surface area contributed by atoms with E-state index in [9.17, 15) is 4.79 Å². The van der Waals surface area contributed by atoms with E-state index in [0.29, 0.717) is 5.56 Å². The number of aromatic nitrogens is 2. The Bertz CT molecular complexity index is 708. The Morgan fingerprint density at radius 2 is 1.88 bits per heavy atom. The summed E-state index contributed by atoms with van der Waals surface area (Å²) in [5, 5.41) is 4.18. The smallest absolute Gasteiger partial charge is 0.257 e. The minimum Gasteiger partial charge on any atom is -0.497 e. The first-order valence-corrected chi connectivity index (χ1v) is 8.27. The van der Waals surface area contributed by atoms with Crippen molar-refractivity contribution in [1.82, 2.24) is 14.7 Å². The summed E-state index contributed by atoms with van der Waals surface area (Å²) in [5.41, 5.74) is 2.79. The normalized spacial score (nSPS) is 15.3. The van der Waals surface area contributed by atoms with Crippen LogP contribution in [0.25, 0.3) is 0 Å². The number of aryl methyl sites for hydroxylation is 1. The van der Waals surface area contributed by atoms with Crippen molar-refractivity contribution in [3.8, 4) is 5.75 Å². The van der Waals surface area contributed by atoms with Crippen molar-refractivity contribution in [2.24, 2.45) is 7.05 Å². The highest BCUT2D eigenvalue weighted by Crippen LogP contribution is 2.21. The van der Waals surface area contributed by atoms with Gasteiger partial charge >= 0.3 is 0 Å². The quantitative estimate of drug-likeness (QED) is 0.866. The van der Waals surface area contributed by atoms with E-state index in [1.807, 2.05) is 31.0 Å². The monoisotopic (exact) mass is 328 g/mol. The summed E-state index contributed by atoms with van der Waals surface area (Å²) >= 11 is 0. The zero-order chi connectivity index (χ0) is 17.1. The molecule has 0 spiro atoms. The Hall–Kier alpha value is -2.50. The summed E-state index contributed by atoms with van der Waals surface area (Å²) < 4.78 is 6.96. The number of hydrogen-bond acceptors (Lipinski definition) is 4. The molecule has 0 N–H and O–H groups in total. The van der Waals surface area contributed by atoms with Crippen LogP contribution in [0.4, 0.5) is 5.69 Å². The van der Waals surface area contributed by atoms with E-state index in [1.165, 1.54) is 5.69 Å². The van der Waals surface area contributed by atoms with Gasteiger partial charge in [-0.3, -0.25) is 9.48 Å². The molecule has 2 heterocycles. The van der Waals surface area contributed by atoms with Crippen molar-refractivity contribution in [1.29, 1.82) is 0 Å². The summed E-state index contributed by atoms with van der Waals surface area (Å²) in [4.78, 5) is 17.0. The van der Waals surface area contributed by atoms with E-state index in [4.69, 9.17) is 4.74 Å². The molecule has 1 aromatic heterocycles. The van der Waals surface area contributed by atoms with Crippen LogP contribution in [-0.2, 0) is 7.05 Å². The molecule has 0 saturated carbocycles. The van der Waals surface area contributed by atoms with E-state index in [2.05, 4.69) is 22.1 Å². The van der Waals surface area contributed by atoms with Gasteiger partial charge in [0.2, 0.25) is 0 Å². The minimum atomic E-state index is 0.0807. The molecule has 6 heteroatoms.